The van der Waals surface area contributed by atoms with Gasteiger partial charge in [0.15, 0.2) is 23.3 Å². The third kappa shape index (κ3) is 2.36. The fourth-order valence-corrected chi connectivity index (χ4v) is 1.55. The van der Waals surface area contributed by atoms with Crippen LogP contribution in [0.15, 0.2) is 6.20 Å². The minimum atomic E-state index is -2.20. The van der Waals surface area contributed by atoms with E-state index in [9.17, 15) is 22.0 Å². The first-order chi connectivity index (χ1) is 9.32. The van der Waals surface area contributed by atoms with E-state index in [1.54, 1.807) is 6.92 Å². The molecule has 0 saturated heterocycles. The van der Waals surface area contributed by atoms with Gasteiger partial charge in [0.25, 0.3) is 0 Å². The van der Waals surface area contributed by atoms with Gasteiger partial charge in [0.1, 0.15) is 0 Å². The van der Waals surface area contributed by atoms with Crippen molar-refractivity contribution in [2.24, 2.45) is 5.73 Å². The summed E-state index contributed by atoms with van der Waals surface area (Å²) in [6, 6.07) is -0.472. The molecule has 0 radical (unpaired) electrons. The van der Waals surface area contributed by atoms with Crippen LogP contribution in [0.4, 0.5) is 22.0 Å². The molecule has 0 aliphatic heterocycles. The predicted molar refractivity (Wildman–Crippen MR) is 58.0 cm³/mol. The fourth-order valence-electron chi connectivity index (χ4n) is 1.55. The summed E-state index contributed by atoms with van der Waals surface area (Å²) in [5.41, 5.74) is 4.86. The third-order valence-electron chi connectivity index (χ3n) is 2.64. The maximum absolute atomic E-state index is 13.4. The molecule has 2 rings (SSSR count). The lowest BCUT2D eigenvalue weighted by molar-refractivity contribution is 0.366. The second-order valence-corrected chi connectivity index (χ2v) is 4.18. The average molecular weight is 292 g/mol. The van der Waals surface area contributed by atoms with Gasteiger partial charge < -0.3 is 5.73 Å². The maximum Gasteiger partial charge on any atom is 0.200 e. The van der Waals surface area contributed by atoms with E-state index < -0.39 is 47.2 Å². The van der Waals surface area contributed by atoms with Crippen molar-refractivity contribution in [1.82, 2.24) is 15.0 Å². The van der Waals surface area contributed by atoms with Crippen LogP contribution in [0.5, 0.6) is 0 Å². The van der Waals surface area contributed by atoms with Crippen molar-refractivity contribution in [1.29, 1.82) is 0 Å². The Morgan fingerprint density at radius 3 is 2.00 bits per heavy atom. The first-order valence-corrected chi connectivity index (χ1v) is 5.48. The van der Waals surface area contributed by atoms with Crippen molar-refractivity contribution in [3.05, 3.63) is 46.5 Å². The lowest BCUT2D eigenvalue weighted by Gasteiger charge is -2.07. The van der Waals surface area contributed by atoms with E-state index in [0.29, 0.717) is 5.69 Å². The van der Waals surface area contributed by atoms with Crippen LogP contribution < -0.4 is 5.73 Å². The van der Waals surface area contributed by atoms with E-state index in [0.717, 1.165) is 4.68 Å². The third-order valence-corrected chi connectivity index (χ3v) is 2.64. The molecule has 1 heterocycles. The highest BCUT2D eigenvalue weighted by Crippen LogP contribution is 2.23. The average Bonchev–Trinajstić information content (AvgIpc) is 2.88. The molecule has 9 heteroatoms. The molecule has 0 aliphatic rings. The Morgan fingerprint density at radius 1 is 1.05 bits per heavy atom. The van der Waals surface area contributed by atoms with Crippen LogP contribution in [0.25, 0.3) is 0 Å². The van der Waals surface area contributed by atoms with Crippen LogP contribution in [0.3, 0.4) is 0 Å². The molecule has 1 unspecified atom stereocenters. The summed E-state index contributed by atoms with van der Waals surface area (Å²) >= 11 is 0. The minimum Gasteiger partial charge on any atom is -0.323 e. The van der Waals surface area contributed by atoms with Crippen LogP contribution in [-0.2, 0) is 6.54 Å². The maximum atomic E-state index is 13.4. The van der Waals surface area contributed by atoms with Gasteiger partial charge in [-0.15, -0.1) is 5.10 Å². The minimum absolute atomic E-state index is 0.328. The van der Waals surface area contributed by atoms with E-state index in [1.807, 2.05) is 0 Å². The topological polar surface area (TPSA) is 56.7 Å². The largest absolute Gasteiger partial charge is 0.323 e. The van der Waals surface area contributed by atoms with Crippen molar-refractivity contribution in [2.45, 2.75) is 19.5 Å². The van der Waals surface area contributed by atoms with Crippen LogP contribution in [0.2, 0.25) is 0 Å². The standard InChI is InChI=1S/C11H9F5N4/c1-4(17)6-3-20(19-18-6)2-5-7(12)9(14)11(16)10(15)8(5)13/h3-4H,2,17H2,1H3. The van der Waals surface area contributed by atoms with Crippen LogP contribution in [-0.4, -0.2) is 15.0 Å². The molecule has 2 aromatic rings. The van der Waals surface area contributed by atoms with Crippen molar-refractivity contribution in [3.63, 3.8) is 0 Å². The molecule has 4 nitrogen and oxygen atoms in total. The Hall–Kier alpha value is -2.03. The SMILES string of the molecule is CC(N)c1cn(Cc2c(F)c(F)c(F)c(F)c2F)nn1. The van der Waals surface area contributed by atoms with Gasteiger partial charge in [-0.2, -0.15) is 0 Å². The molecule has 0 aliphatic carbocycles. The lowest BCUT2D eigenvalue weighted by Crippen LogP contribution is -2.11. The van der Waals surface area contributed by atoms with Gasteiger partial charge in [-0.3, -0.25) is 0 Å². The molecule has 0 saturated carbocycles. The number of halogens is 5. The lowest BCUT2D eigenvalue weighted by atomic mass is 10.1. The summed E-state index contributed by atoms with van der Waals surface area (Å²) in [5, 5.41) is 7.13. The molecule has 2 N–H and O–H groups in total. The Labute approximate surface area is 110 Å². The summed E-state index contributed by atoms with van der Waals surface area (Å²) in [6.45, 7) is 0.957. The Kier molecular flexibility index (Phi) is 3.71. The summed E-state index contributed by atoms with van der Waals surface area (Å²) in [7, 11) is 0. The molecule has 1 atom stereocenters. The highest BCUT2D eigenvalue weighted by Gasteiger charge is 2.26. The number of rotatable bonds is 3. The molecule has 20 heavy (non-hydrogen) atoms. The first-order valence-electron chi connectivity index (χ1n) is 5.48. The number of nitrogens with two attached hydrogens (primary N) is 1. The van der Waals surface area contributed by atoms with E-state index >= 15 is 0 Å². The van der Waals surface area contributed by atoms with Gasteiger partial charge in [0.2, 0.25) is 5.82 Å². The monoisotopic (exact) mass is 292 g/mol. The molecule has 0 fully saturated rings. The van der Waals surface area contributed by atoms with E-state index in [2.05, 4.69) is 10.3 Å². The Bertz CT molecular complexity index is 623. The zero-order chi connectivity index (χ0) is 15.0. The summed E-state index contributed by atoms with van der Waals surface area (Å²) < 4.78 is 66.7. The molecule has 0 bridgehead atoms. The fraction of sp³-hybridized carbons (Fsp3) is 0.273. The van der Waals surface area contributed by atoms with Crippen molar-refractivity contribution in [3.8, 4) is 0 Å². The van der Waals surface area contributed by atoms with Crippen molar-refractivity contribution < 1.29 is 22.0 Å². The van der Waals surface area contributed by atoms with Gasteiger partial charge in [0.05, 0.1) is 24.0 Å². The van der Waals surface area contributed by atoms with Crippen LogP contribution in [0.1, 0.15) is 24.2 Å². The number of hydrogen-bond donors (Lipinski definition) is 1. The normalized spacial score (nSPS) is 12.8. The number of nitrogens with zero attached hydrogens (tertiary/aromatic N) is 3. The molecule has 1 aromatic heterocycles. The Morgan fingerprint density at radius 2 is 1.55 bits per heavy atom. The number of aromatic nitrogens is 3. The van der Waals surface area contributed by atoms with E-state index in [-0.39, 0.29) is 0 Å². The summed E-state index contributed by atoms with van der Waals surface area (Å²) in [4.78, 5) is 0. The second kappa shape index (κ2) is 5.16. The molecule has 0 spiro atoms. The number of hydrogen-bond acceptors (Lipinski definition) is 3. The van der Waals surface area contributed by atoms with E-state index in [1.165, 1.54) is 6.20 Å². The molecule has 1 aromatic carbocycles. The van der Waals surface area contributed by atoms with Gasteiger partial charge in [0, 0.05) is 6.04 Å². The van der Waals surface area contributed by atoms with Gasteiger partial charge in [-0.1, -0.05) is 5.21 Å². The zero-order valence-corrected chi connectivity index (χ0v) is 10.2. The summed E-state index contributed by atoms with van der Waals surface area (Å²) in [5.74, 6) is -9.96. The Balaban J connectivity index is 2.43. The smallest absolute Gasteiger partial charge is 0.200 e. The molecule has 108 valence electrons. The zero-order valence-electron chi connectivity index (χ0n) is 10.2. The second-order valence-electron chi connectivity index (χ2n) is 4.18. The predicted octanol–water partition coefficient (Wildman–Crippen LogP) is 2.04. The van der Waals surface area contributed by atoms with Gasteiger partial charge in [-0.05, 0) is 6.92 Å². The van der Waals surface area contributed by atoms with Crippen molar-refractivity contribution >= 4 is 0 Å². The van der Waals surface area contributed by atoms with Gasteiger partial charge in [-0.25, -0.2) is 26.6 Å². The highest BCUT2D eigenvalue weighted by molar-refractivity contribution is 5.24. The molecular weight excluding hydrogens is 283 g/mol. The first kappa shape index (κ1) is 14.4. The number of benzene rings is 1. The van der Waals surface area contributed by atoms with Crippen molar-refractivity contribution in [2.75, 3.05) is 0 Å². The van der Waals surface area contributed by atoms with Crippen LogP contribution in [0, 0.1) is 29.1 Å². The summed E-state index contributed by atoms with van der Waals surface area (Å²) in [6.07, 6.45) is 1.27. The highest BCUT2D eigenvalue weighted by atomic mass is 19.2. The molecular formula is C11H9F5N4. The quantitative estimate of drug-likeness (QED) is 0.535. The van der Waals surface area contributed by atoms with E-state index in [4.69, 9.17) is 5.73 Å². The van der Waals surface area contributed by atoms with Crippen LogP contribution >= 0.6 is 0 Å². The molecule has 0 amide bonds. The van der Waals surface area contributed by atoms with Gasteiger partial charge >= 0.3 is 0 Å².